The summed E-state index contributed by atoms with van der Waals surface area (Å²) in [7, 11) is 1.55. The summed E-state index contributed by atoms with van der Waals surface area (Å²) in [6.45, 7) is 0. The maximum Gasteiger partial charge on any atom is 0.257 e. The number of amides is 1. The largest absolute Gasteiger partial charge is 0.495 e. The zero-order valence-electron chi connectivity index (χ0n) is 14.7. The smallest absolute Gasteiger partial charge is 0.257 e. The molecule has 1 N–H and O–H groups in total. The van der Waals surface area contributed by atoms with Crippen LogP contribution < -0.4 is 10.1 Å². The van der Waals surface area contributed by atoms with Crippen molar-refractivity contribution in [2.45, 2.75) is 0 Å². The summed E-state index contributed by atoms with van der Waals surface area (Å²) in [4.78, 5) is 21.5. The Morgan fingerprint density at radius 3 is 2.89 bits per heavy atom. The summed E-state index contributed by atoms with van der Waals surface area (Å²) in [5.74, 6) is 0.795. The van der Waals surface area contributed by atoms with Gasteiger partial charge in [-0.2, -0.15) is 0 Å². The summed E-state index contributed by atoms with van der Waals surface area (Å²) >= 11 is 9.53. The van der Waals surface area contributed by atoms with Crippen LogP contribution in [0.3, 0.4) is 0 Å². The third-order valence-electron chi connectivity index (χ3n) is 4.15. The molecule has 0 aliphatic carbocycles. The van der Waals surface area contributed by atoms with Gasteiger partial charge in [0.25, 0.3) is 5.91 Å². The number of carbonyl (C=O) groups excluding carboxylic acids is 1. The molecule has 4 aromatic rings. The number of nitrogens with one attached hydrogen (secondary N) is 1. The number of benzene rings is 2. The van der Waals surface area contributed by atoms with Crippen molar-refractivity contribution in [2.75, 3.05) is 12.4 Å². The zero-order chi connectivity index (χ0) is 19.7. The van der Waals surface area contributed by atoms with Crippen molar-refractivity contribution in [3.8, 4) is 17.0 Å². The normalized spacial score (nSPS) is 10.8. The highest BCUT2D eigenvalue weighted by molar-refractivity contribution is 9.10. The molecule has 2 heterocycles. The fourth-order valence-corrected chi connectivity index (χ4v) is 3.36. The van der Waals surface area contributed by atoms with E-state index in [-0.39, 0.29) is 5.91 Å². The molecule has 0 bridgehead atoms. The predicted molar refractivity (Wildman–Crippen MR) is 112 cm³/mol. The first-order chi connectivity index (χ1) is 13.5. The highest BCUT2D eigenvalue weighted by Crippen LogP contribution is 2.31. The minimum Gasteiger partial charge on any atom is -0.495 e. The van der Waals surface area contributed by atoms with Crippen LogP contribution in [0.5, 0.6) is 5.75 Å². The van der Waals surface area contributed by atoms with Crippen LogP contribution in [0.2, 0.25) is 5.02 Å². The van der Waals surface area contributed by atoms with E-state index in [9.17, 15) is 4.79 Å². The van der Waals surface area contributed by atoms with Crippen LogP contribution in [0, 0.1) is 0 Å². The molecule has 6 nitrogen and oxygen atoms in total. The molecule has 0 aliphatic heterocycles. The monoisotopic (exact) mass is 456 g/mol. The topological polar surface area (TPSA) is 68.5 Å². The van der Waals surface area contributed by atoms with Crippen LogP contribution in [0.15, 0.2) is 65.5 Å². The van der Waals surface area contributed by atoms with E-state index in [1.54, 1.807) is 37.6 Å². The average Bonchev–Trinajstić information content (AvgIpc) is 3.14. The Labute approximate surface area is 174 Å². The molecule has 28 heavy (non-hydrogen) atoms. The van der Waals surface area contributed by atoms with E-state index in [1.165, 1.54) is 0 Å². The first kappa shape index (κ1) is 18.5. The van der Waals surface area contributed by atoms with E-state index in [0.29, 0.717) is 27.8 Å². The van der Waals surface area contributed by atoms with Crippen molar-refractivity contribution in [1.29, 1.82) is 0 Å². The zero-order valence-corrected chi connectivity index (χ0v) is 17.0. The SMILES string of the molecule is COc1ccc(-c2cn3cccnc3n2)cc1NC(=O)c1cc(Br)ccc1Cl. The second-order valence-electron chi connectivity index (χ2n) is 5.95. The molecule has 0 unspecified atom stereocenters. The van der Waals surface area contributed by atoms with Crippen molar-refractivity contribution in [3.63, 3.8) is 0 Å². The number of nitrogens with zero attached hydrogens (tertiary/aromatic N) is 3. The van der Waals surface area contributed by atoms with E-state index < -0.39 is 0 Å². The molecule has 2 aromatic heterocycles. The lowest BCUT2D eigenvalue weighted by Crippen LogP contribution is -2.13. The van der Waals surface area contributed by atoms with Crippen molar-refractivity contribution >= 4 is 44.9 Å². The number of anilines is 1. The first-order valence-corrected chi connectivity index (χ1v) is 9.47. The van der Waals surface area contributed by atoms with E-state index in [2.05, 4.69) is 31.2 Å². The van der Waals surface area contributed by atoms with Crippen molar-refractivity contribution in [1.82, 2.24) is 14.4 Å². The van der Waals surface area contributed by atoms with Gasteiger partial charge in [0.1, 0.15) is 5.75 Å². The van der Waals surface area contributed by atoms with E-state index in [1.807, 2.05) is 35.0 Å². The summed E-state index contributed by atoms with van der Waals surface area (Å²) in [6.07, 6.45) is 5.44. The van der Waals surface area contributed by atoms with Crippen molar-refractivity contribution in [2.24, 2.45) is 0 Å². The second-order valence-corrected chi connectivity index (χ2v) is 7.27. The van der Waals surface area contributed by atoms with Crippen LogP contribution in [-0.4, -0.2) is 27.4 Å². The van der Waals surface area contributed by atoms with Gasteiger partial charge in [-0.25, -0.2) is 9.97 Å². The van der Waals surface area contributed by atoms with Crippen LogP contribution in [-0.2, 0) is 0 Å². The Morgan fingerprint density at radius 1 is 1.25 bits per heavy atom. The molecule has 8 heteroatoms. The lowest BCUT2D eigenvalue weighted by molar-refractivity contribution is 0.102. The Kier molecular flexibility index (Phi) is 5.02. The van der Waals surface area contributed by atoms with Gasteiger partial charge in [-0.15, -0.1) is 0 Å². The van der Waals surface area contributed by atoms with Gasteiger partial charge in [0.05, 0.1) is 29.1 Å². The summed E-state index contributed by atoms with van der Waals surface area (Å²) in [6, 6.07) is 12.4. The van der Waals surface area contributed by atoms with Crippen LogP contribution in [0.1, 0.15) is 10.4 Å². The fourth-order valence-electron chi connectivity index (χ4n) is 2.80. The Morgan fingerprint density at radius 2 is 2.11 bits per heavy atom. The molecular weight excluding hydrogens is 444 g/mol. The number of halogens is 2. The minimum absolute atomic E-state index is 0.335. The standard InChI is InChI=1S/C20H14BrClN4O2/c1-28-18-6-3-12(17-11-26-8-2-7-23-20(26)25-17)9-16(18)24-19(27)14-10-13(21)4-5-15(14)22/h2-11H,1H3,(H,24,27). The van der Waals surface area contributed by atoms with Crippen LogP contribution in [0.4, 0.5) is 5.69 Å². The van der Waals surface area contributed by atoms with E-state index in [4.69, 9.17) is 16.3 Å². The lowest BCUT2D eigenvalue weighted by atomic mass is 10.1. The van der Waals surface area contributed by atoms with Gasteiger partial charge in [0.15, 0.2) is 0 Å². The predicted octanol–water partition coefficient (Wildman–Crippen LogP) is 5.07. The first-order valence-electron chi connectivity index (χ1n) is 8.29. The van der Waals surface area contributed by atoms with Gasteiger partial charge in [-0.3, -0.25) is 9.20 Å². The van der Waals surface area contributed by atoms with Crippen LogP contribution >= 0.6 is 27.5 Å². The number of methoxy groups -OCH3 is 1. The summed E-state index contributed by atoms with van der Waals surface area (Å²) in [5, 5.41) is 3.23. The second kappa shape index (κ2) is 7.61. The lowest BCUT2D eigenvalue weighted by Gasteiger charge is -2.12. The fraction of sp³-hybridized carbons (Fsp3) is 0.0500. The Bertz CT molecular complexity index is 1160. The maximum atomic E-state index is 12.7. The molecule has 4 rings (SSSR count). The molecule has 0 radical (unpaired) electrons. The average molecular weight is 458 g/mol. The minimum atomic E-state index is -0.335. The number of rotatable bonds is 4. The molecule has 140 valence electrons. The van der Waals surface area contributed by atoms with Crippen molar-refractivity contribution < 1.29 is 9.53 Å². The molecule has 2 aromatic carbocycles. The summed E-state index contributed by atoms with van der Waals surface area (Å²) < 4.78 is 7.99. The number of aromatic nitrogens is 3. The molecule has 0 aliphatic rings. The van der Waals surface area contributed by atoms with Crippen molar-refractivity contribution in [3.05, 3.63) is 76.1 Å². The molecule has 0 fully saturated rings. The number of imidazole rings is 1. The maximum absolute atomic E-state index is 12.7. The highest BCUT2D eigenvalue weighted by atomic mass is 79.9. The molecule has 1 amide bonds. The summed E-state index contributed by atoms with van der Waals surface area (Å²) in [5.41, 5.74) is 2.44. The highest BCUT2D eigenvalue weighted by Gasteiger charge is 2.15. The molecule has 0 saturated heterocycles. The van der Waals surface area contributed by atoms with Gasteiger partial charge in [-0.1, -0.05) is 27.5 Å². The van der Waals surface area contributed by atoms with Gasteiger partial charge in [0.2, 0.25) is 5.78 Å². The number of carbonyl (C=O) groups is 1. The van der Waals surface area contributed by atoms with Gasteiger partial charge in [0, 0.05) is 28.6 Å². The molecule has 0 atom stereocenters. The Balaban J connectivity index is 1.71. The van der Waals surface area contributed by atoms with Crippen LogP contribution in [0.25, 0.3) is 17.0 Å². The molecule has 0 spiro atoms. The number of hydrogen-bond acceptors (Lipinski definition) is 4. The Hall–Kier alpha value is -2.90. The number of ether oxygens (including phenoxy) is 1. The van der Waals surface area contributed by atoms with Gasteiger partial charge >= 0.3 is 0 Å². The van der Waals surface area contributed by atoms with E-state index in [0.717, 1.165) is 15.7 Å². The number of hydrogen-bond donors (Lipinski definition) is 1. The third-order valence-corrected chi connectivity index (χ3v) is 4.97. The number of fused-ring (bicyclic) bond motifs is 1. The van der Waals surface area contributed by atoms with Gasteiger partial charge in [-0.05, 0) is 42.5 Å². The molecule has 0 saturated carbocycles. The third kappa shape index (κ3) is 3.58. The van der Waals surface area contributed by atoms with Gasteiger partial charge < -0.3 is 10.1 Å². The quantitative estimate of drug-likeness (QED) is 0.464. The molecular formula is C20H14BrClN4O2. The van der Waals surface area contributed by atoms with E-state index >= 15 is 0 Å².